The van der Waals surface area contributed by atoms with E-state index in [1.54, 1.807) is 49.8 Å². The molecule has 284 valence electrons. The number of nitrogens with zero attached hydrogens (tertiary/aromatic N) is 2. The molecule has 6 rings (SSSR count). The molecular weight excluding hydrogens is 672 g/mol. The summed E-state index contributed by atoms with van der Waals surface area (Å²) in [6.45, 7) is 1.99. The topological polar surface area (TPSA) is 73.8 Å². The van der Waals surface area contributed by atoms with Crippen LogP contribution in [0.15, 0.2) is 54.6 Å². The molecule has 2 aliphatic heterocycles. The van der Waals surface area contributed by atoms with E-state index in [0.717, 1.165) is 75.4 Å². The molecular formula is C43H56N2O8+2. The fourth-order valence-corrected chi connectivity index (χ4v) is 8.16. The number of hydrogen-bond acceptors (Lipinski definition) is 8. The Bertz CT molecular complexity index is 1960. The molecule has 2 heterocycles. The van der Waals surface area contributed by atoms with E-state index in [1.165, 1.54) is 22.3 Å². The van der Waals surface area contributed by atoms with Crippen molar-refractivity contribution >= 4 is 0 Å². The zero-order valence-electron chi connectivity index (χ0n) is 33.3. The molecule has 0 saturated carbocycles. The van der Waals surface area contributed by atoms with Crippen molar-refractivity contribution in [2.45, 2.75) is 37.8 Å². The van der Waals surface area contributed by atoms with Crippen molar-refractivity contribution in [3.63, 3.8) is 0 Å². The molecule has 4 aromatic carbocycles. The first kappa shape index (κ1) is 37.9. The van der Waals surface area contributed by atoms with Gasteiger partial charge in [0, 0.05) is 48.4 Å². The van der Waals surface area contributed by atoms with Crippen LogP contribution in [0.2, 0.25) is 0 Å². The van der Waals surface area contributed by atoms with Crippen molar-refractivity contribution in [2.24, 2.45) is 0 Å². The van der Waals surface area contributed by atoms with Gasteiger partial charge in [0.2, 0.25) is 0 Å². The quantitative estimate of drug-likeness (QED) is 0.132. The molecule has 2 atom stereocenters. The first-order valence-electron chi connectivity index (χ1n) is 18.1. The number of ether oxygens (including phenoxy) is 8. The lowest BCUT2D eigenvalue weighted by atomic mass is 9.86. The Morgan fingerprint density at radius 3 is 1.38 bits per heavy atom. The van der Waals surface area contributed by atoms with Crippen LogP contribution in [0.5, 0.6) is 51.7 Å². The van der Waals surface area contributed by atoms with E-state index in [1.807, 2.05) is 18.2 Å². The van der Waals surface area contributed by atoms with Gasteiger partial charge in [0.15, 0.2) is 46.0 Å². The van der Waals surface area contributed by atoms with E-state index in [-0.39, 0.29) is 12.1 Å². The second-order valence-electron chi connectivity index (χ2n) is 15.2. The van der Waals surface area contributed by atoms with Gasteiger partial charge in [-0.25, -0.2) is 0 Å². The van der Waals surface area contributed by atoms with E-state index in [9.17, 15) is 0 Å². The van der Waals surface area contributed by atoms with E-state index in [4.69, 9.17) is 37.9 Å². The number of likely N-dealkylation sites (N-methyl/N-ethyl adjacent to an activating group) is 2. The first-order valence-corrected chi connectivity index (χ1v) is 18.1. The Balaban J connectivity index is 1.40. The lowest BCUT2D eigenvalue weighted by Gasteiger charge is -2.43. The maximum absolute atomic E-state index is 6.92. The molecule has 2 aliphatic rings. The van der Waals surface area contributed by atoms with Crippen molar-refractivity contribution in [1.29, 1.82) is 0 Å². The van der Waals surface area contributed by atoms with Crippen molar-refractivity contribution in [1.82, 2.24) is 0 Å². The van der Waals surface area contributed by atoms with Crippen LogP contribution in [0.4, 0.5) is 0 Å². The number of rotatable bonds is 13. The van der Waals surface area contributed by atoms with E-state index >= 15 is 0 Å². The third-order valence-electron chi connectivity index (χ3n) is 11.5. The highest BCUT2D eigenvalue weighted by Gasteiger charge is 2.39. The van der Waals surface area contributed by atoms with Gasteiger partial charge in [-0.1, -0.05) is 6.07 Å². The van der Waals surface area contributed by atoms with Crippen LogP contribution >= 0.6 is 0 Å². The fraction of sp³-hybridized carbons (Fsp3) is 0.442. The summed E-state index contributed by atoms with van der Waals surface area (Å²) in [4.78, 5) is 0. The van der Waals surface area contributed by atoms with Crippen LogP contribution in [0.1, 0.15) is 45.5 Å². The smallest absolute Gasteiger partial charge is 0.169 e. The van der Waals surface area contributed by atoms with Gasteiger partial charge in [-0.15, -0.1) is 0 Å². The molecule has 0 radical (unpaired) electrons. The minimum absolute atomic E-state index is 0.106. The van der Waals surface area contributed by atoms with Crippen molar-refractivity contribution in [2.75, 3.05) is 91.0 Å². The van der Waals surface area contributed by atoms with Crippen LogP contribution in [0.3, 0.4) is 0 Å². The van der Waals surface area contributed by atoms with Crippen LogP contribution < -0.4 is 37.9 Å². The molecule has 0 aromatic heterocycles. The minimum Gasteiger partial charge on any atom is -0.493 e. The van der Waals surface area contributed by atoms with Crippen LogP contribution in [0, 0.1) is 0 Å². The van der Waals surface area contributed by atoms with Gasteiger partial charge in [0.25, 0.3) is 0 Å². The predicted octanol–water partition coefficient (Wildman–Crippen LogP) is 7.37. The summed E-state index contributed by atoms with van der Waals surface area (Å²) in [5.74, 6) is 6.19. The highest BCUT2D eigenvalue weighted by atomic mass is 16.5. The summed E-state index contributed by atoms with van der Waals surface area (Å²) in [5.41, 5.74) is 7.22. The van der Waals surface area contributed by atoms with Crippen molar-refractivity contribution < 1.29 is 46.9 Å². The molecule has 0 fully saturated rings. The standard InChI is InChI=1S/C43H56N2O8/c1-44(2)16-14-28-21-37(47-6)40(50-9)24-31(28)33(44)18-27-12-13-35(46-5)43(19-27)53-36-26-42(52-11)39(49-8)23-30(36)20-34-32-25-41(51-10)38(48-7)22-29(32)15-17-45(34,3)4/h12-13,19,21-26,33-34H,14-18,20H2,1-11H3/q+2/t33-,34-/m1/s1. The van der Waals surface area contributed by atoms with Gasteiger partial charge in [0.1, 0.15) is 17.8 Å². The second-order valence-corrected chi connectivity index (χ2v) is 15.2. The van der Waals surface area contributed by atoms with Crippen molar-refractivity contribution in [3.8, 4) is 51.7 Å². The summed E-state index contributed by atoms with van der Waals surface area (Å²) in [6, 6.07) is 19.1. The van der Waals surface area contributed by atoms with Crippen LogP contribution in [-0.2, 0) is 25.7 Å². The lowest BCUT2D eigenvalue weighted by molar-refractivity contribution is -0.923. The average Bonchev–Trinajstić information content (AvgIpc) is 3.16. The molecule has 0 unspecified atom stereocenters. The largest absolute Gasteiger partial charge is 0.493 e. The number of methoxy groups -OCH3 is 7. The maximum Gasteiger partial charge on any atom is 0.169 e. The van der Waals surface area contributed by atoms with Crippen LogP contribution in [0.25, 0.3) is 0 Å². The lowest BCUT2D eigenvalue weighted by Crippen LogP contribution is -2.48. The SMILES string of the molecule is COc1cc(C[C@@H]2c3cc(OC)c(OC)cc3CC[N+]2(C)C)c(Oc2cc(C[C@@H]3c4cc(OC)c(OC)cc4CC[N+]3(C)C)ccc2OC)cc1OC. The Morgan fingerprint density at radius 2 is 0.887 bits per heavy atom. The van der Waals surface area contributed by atoms with Gasteiger partial charge in [0.05, 0.1) is 91.0 Å². The zero-order valence-corrected chi connectivity index (χ0v) is 33.3. The molecule has 4 aromatic rings. The van der Waals surface area contributed by atoms with Gasteiger partial charge in [-0.05, 0) is 59.2 Å². The Labute approximate surface area is 314 Å². The zero-order chi connectivity index (χ0) is 38.1. The predicted molar refractivity (Wildman–Crippen MR) is 206 cm³/mol. The summed E-state index contributed by atoms with van der Waals surface area (Å²) in [5, 5.41) is 0. The second kappa shape index (κ2) is 15.3. The molecule has 10 nitrogen and oxygen atoms in total. The monoisotopic (exact) mass is 728 g/mol. The third-order valence-corrected chi connectivity index (χ3v) is 11.5. The molecule has 0 spiro atoms. The van der Waals surface area contributed by atoms with Gasteiger partial charge < -0.3 is 46.9 Å². The van der Waals surface area contributed by atoms with Gasteiger partial charge in [-0.3, -0.25) is 0 Å². The highest BCUT2D eigenvalue weighted by molar-refractivity contribution is 5.56. The van der Waals surface area contributed by atoms with E-state index in [2.05, 4.69) is 64.6 Å². The molecule has 0 aliphatic carbocycles. The summed E-state index contributed by atoms with van der Waals surface area (Å²) in [6.07, 6.45) is 3.40. The van der Waals surface area contributed by atoms with Gasteiger partial charge >= 0.3 is 0 Å². The number of quaternary nitrogens is 2. The van der Waals surface area contributed by atoms with Crippen molar-refractivity contribution in [3.05, 3.63) is 88.0 Å². The molecule has 0 N–H and O–H groups in total. The highest BCUT2D eigenvalue weighted by Crippen LogP contribution is 2.47. The summed E-state index contributed by atoms with van der Waals surface area (Å²) >= 11 is 0. The number of benzene rings is 4. The Hall–Kier alpha value is -4.80. The molecule has 53 heavy (non-hydrogen) atoms. The Morgan fingerprint density at radius 1 is 0.453 bits per heavy atom. The number of fused-ring (bicyclic) bond motifs is 2. The Kier molecular flexibility index (Phi) is 10.9. The third kappa shape index (κ3) is 7.39. The molecule has 0 saturated heterocycles. The van der Waals surface area contributed by atoms with Crippen LogP contribution in [-0.4, -0.2) is 100 Å². The molecule has 10 heteroatoms. The van der Waals surface area contributed by atoms with E-state index < -0.39 is 0 Å². The number of hydrogen-bond donors (Lipinski definition) is 0. The van der Waals surface area contributed by atoms with Gasteiger partial charge in [-0.2, -0.15) is 0 Å². The van der Waals surface area contributed by atoms with E-state index in [0.29, 0.717) is 35.2 Å². The summed E-state index contributed by atoms with van der Waals surface area (Å²) < 4.78 is 48.9. The first-order chi connectivity index (χ1) is 25.4. The minimum atomic E-state index is 0.106. The summed E-state index contributed by atoms with van der Waals surface area (Å²) in [7, 11) is 20.9. The maximum atomic E-state index is 6.92. The molecule has 0 bridgehead atoms. The molecule has 0 amide bonds. The normalized spacial score (nSPS) is 18.2. The fourth-order valence-electron chi connectivity index (χ4n) is 8.16. The average molecular weight is 729 g/mol.